The van der Waals surface area contributed by atoms with Crippen LogP contribution in [0, 0.1) is 11.3 Å². The minimum absolute atomic E-state index is 0.0932. The van der Waals surface area contributed by atoms with Gasteiger partial charge in [0.15, 0.2) is 0 Å². The summed E-state index contributed by atoms with van der Waals surface area (Å²) in [7, 11) is 0. The highest BCUT2D eigenvalue weighted by atomic mass is 16.5. The van der Waals surface area contributed by atoms with Gasteiger partial charge >= 0.3 is 0 Å². The number of carbonyl (C=O) groups excluding carboxylic acids is 1. The number of rotatable bonds is 13. The van der Waals surface area contributed by atoms with Gasteiger partial charge in [-0.05, 0) is 31.6 Å². The molecular weight excluding hydrogens is 282 g/mol. The van der Waals surface area contributed by atoms with Crippen LogP contribution < -0.4 is 5.32 Å². The molecule has 0 aliphatic rings. The molecule has 0 aromatic carbocycles. The lowest BCUT2D eigenvalue weighted by atomic mass is 9.79. The van der Waals surface area contributed by atoms with Crippen molar-refractivity contribution in [2.75, 3.05) is 39.6 Å². The summed E-state index contributed by atoms with van der Waals surface area (Å²) < 4.78 is 16.1. The van der Waals surface area contributed by atoms with Gasteiger partial charge in [-0.2, -0.15) is 0 Å². The van der Waals surface area contributed by atoms with E-state index in [9.17, 15) is 4.79 Å². The molecule has 0 radical (unpaired) electrons. The zero-order valence-corrected chi connectivity index (χ0v) is 15.2. The Kier molecular flexibility index (Phi) is 11.5. The predicted octanol–water partition coefficient (Wildman–Crippen LogP) is 2.63. The second-order valence-corrected chi connectivity index (χ2v) is 6.83. The van der Waals surface area contributed by atoms with E-state index in [1.807, 2.05) is 13.8 Å². The van der Waals surface area contributed by atoms with Crippen molar-refractivity contribution in [1.82, 2.24) is 5.32 Å². The van der Waals surface area contributed by atoms with Crippen molar-refractivity contribution in [3.63, 3.8) is 0 Å². The second kappa shape index (κ2) is 11.9. The third-order valence-electron chi connectivity index (χ3n) is 3.93. The molecule has 0 rings (SSSR count). The Balaban J connectivity index is 3.44. The van der Waals surface area contributed by atoms with Gasteiger partial charge in [-0.1, -0.05) is 27.7 Å². The number of nitrogens with one attached hydrogen (secondary N) is 1. The van der Waals surface area contributed by atoms with E-state index in [-0.39, 0.29) is 24.0 Å². The molecule has 0 bridgehead atoms. The first-order valence-electron chi connectivity index (χ1n) is 8.29. The van der Waals surface area contributed by atoms with Gasteiger partial charge in [0, 0.05) is 13.2 Å². The van der Waals surface area contributed by atoms with Crippen molar-refractivity contribution in [2.45, 2.75) is 54.1 Å². The Bertz CT molecular complexity index is 290. The van der Waals surface area contributed by atoms with E-state index < -0.39 is 0 Å². The van der Waals surface area contributed by atoms with Gasteiger partial charge in [-0.25, -0.2) is 0 Å². The van der Waals surface area contributed by atoms with Gasteiger partial charge in [0.2, 0.25) is 5.91 Å². The van der Waals surface area contributed by atoms with Crippen molar-refractivity contribution in [3.05, 3.63) is 0 Å². The van der Waals surface area contributed by atoms with Crippen LogP contribution in [-0.4, -0.2) is 51.6 Å². The molecular formula is C17H35NO4. The summed E-state index contributed by atoms with van der Waals surface area (Å²) in [5.74, 6) is 0.506. The molecule has 0 saturated heterocycles. The van der Waals surface area contributed by atoms with Crippen LogP contribution in [-0.2, 0) is 19.0 Å². The van der Waals surface area contributed by atoms with Crippen molar-refractivity contribution >= 4 is 5.91 Å². The summed E-state index contributed by atoms with van der Waals surface area (Å²) >= 11 is 0. The zero-order valence-electron chi connectivity index (χ0n) is 15.2. The van der Waals surface area contributed by atoms with Gasteiger partial charge in [0.25, 0.3) is 0 Å². The maximum absolute atomic E-state index is 11.6. The summed E-state index contributed by atoms with van der Waals surface area (Å²) in [6.07, 6.45) is 1.18. The summed E-state index contributed by atoms with van der Waals surface area (Å²) in [4.78, 5) is 11.6. The highest BCUT2D eigenvalue weighted by Gasteiger charge is 2.21. The van der Waals surface area contributed by atoms with Crippen LogP contribution >= 0.6 is 0 Å². The quantitative estimate of drug-likeness (QED) is 0.531. The average molecular weight is 317 g/mol. The molecule has 0 heterocycles. The van der Waals surface area contributed by atoms with Gasteiger partial charge in [0.1, 0.15) is 6.61 Å². The molecule has 0 unspecified atom stereocenters. The maximum Gasteiger partial charge on any atom is 0.246 e. The molecule has 0 fully saturated rings. The largest absolute Gasteiger partial charge is 0.377 e. The van der Waals surface area contributed by atoms with E-state index in [2.05, 4.69) is 33.0 Å². The van der Waals surface area contributed by atoms with Crippen molar-refractivity contribution in [3.8, 4) is 0 Å². The first-order chi connectivity index (χ1) is 10.3. The van der Waals surface area contributed by atoms with E-state index in [1.54, 1.807) is 0 Å². The Morgan fingerprint density at radius 3 is 2.27 bits per heavy atom. The zero-order chi connectivity index (χ0) is 17.0. The minimum Gasteiger partial charge on any atom is -0.377 e. The van der Waals surface area contributed by atoms with Gasteiger partial charge in [-0.15, -0.1) is 0 Å². The number of ether oxygens (including phenoxy) is 3. The second-order valence-electron chi connectivity index (χ2n) is 6.83. The fraction of sp³-hybridized carbons (Fsp3) is 0.941. The van der Waals surface area contributed by atoms with Crippen LogP contribution in [0.3, 0.4) is 0 Å². The normalized spacial score (nSPS) is 12.2. The average Bonchev–Trinajstić information content (AvgIpc) is 2.42. The van der Waals surface area contributed by atoms with Crippen LogP contribution in [0.4, 0.5) is 0 Å². The van der Waals surface area contributed by atoms with Gasteiger partial charge < -0.3 is 19.5 Å². The summed E-state index contributed by atoms with van der Waals surface area (Å²) in [6.45, 7) is 15.7. The van der Waals surface area contributed by atoms with E-state index >= 15 is 0 Å². The number of carbonyl (C=O) groups is 1. The van der Waals surface area contributed by atoms with Crippen LogP contribution in [0.5, 0.6) is 0 Å². The topological polar surface area (TPSA) is 56.8 Å². The molecule has 22 heavy (non-hydrogen) atoms. The van der Waals surface area contributed by atoms with Gasteiger partial charge in [0.05, 0.1) is 25.9 Å². The molecule has 5 nitrogen and oxygen atoms in total. The molecule has 0 aliphatic carbocycles. The van der Waals surface area contributed by atoms with Gasteiger partial charge in [-0.3, -0.25) is 4.79 Å². The summed E-state index contributed by atoms with van der Waals surface area (Å²) in [5, 5.41) is 2.77. The fourth-order valence-corrected chi connectivity index (χ4v) is 1.55. The molecule has 1 amide bonds. The Morgan fingerprint density at radius 1 is 1.00 bits per heavy atom. The highest BCUT2D eigenvalue weighted by Crippen LogP contribution is 2.29. The minimum atomic E-state index is -0.0932. The Hall–Kier alpha value is -0.650. The van der Waals surface area contributed by atoms with Crippen LogP contribution in [0.25, 0.3) is 0 Å². The fourth-order valence-electron chi connectivity index (χ4n) is 1.55. The first kappa shape index (κ1) is 21.4. The van der Waals surface area contributed by atoms with Crippen molar-refractivity contribution in [1.29, 1.82) is 0 Å². The lowest BCUT2D eigenvalue weighted by Gasteiger charge is -2.28. The number of amides is 1. The van der Waals surface area contributed by atoms with E-state index in [0.717, 1.165) is 6.42 Å². The lowest BCUT2D eigenvalue weighted by molar-refractivity contribution is -0.126. The van der Waals surface area contributed by atoms with Crippen molar-refractivity contribution < 1.29 is 19.0 Å². The molecule has 0 aliphatic heterocycles. The van der Waals surface area contributed by atoms with Crippen LogP contribution in [0.1, 0.15) is 48.0 Å². The highest BCUT2D eigenvalue weighted by molar-refractivity contribution is 5.77. The Morgan fingerprint density at radius 2 is 1.68 bits per heavy atom. The molecule has 5 heteroatoms. The number of hydrogen-bond acceptors (Lipinski definition) is 4. The smallest absolute Gasteiger partial charge is 0.246 e. The third kappa shape index (κ3) is 12.0. The first-order valence-corrected chi connectivity index (χ1v) is 8.29. The van der Waals surface area contributed by atoms with E-state index in [1.165, 1.54) is 0 Å². The third-order valence-corrected chi connectivity index (χ3v) is 3.93. The summed E-state index contributed by atoms with van der Waals surface area (Å²) in [5.41, 5.74) is 0.238. The lowest BCUT2D eigenvalue weighted by Crippen LogP contribution is -2.31. The Labute approximate surface area is 136 Å². The molecule has 0 aromatic heterocycles. The summed E-state index contributed by atoms with van der Waals surface area (Å²) in [6, 6.07) is 0. The molecule has 1 N–H and O–H groups in total. The van der Waals surface area contributed by atoms with Crippen molar-refractivity contribution in [2.24, 2.45) is 11.3 Å². The SMILES string of the molecule is CC(C)OCCOCCNC(=O)COCCC(C)(C)C(C)C. The molecule has 0 saturated carbocycles. The van der Waals surface area contributed by atoms with E-state index in [4.69, 9.17) is 14.2 Å². The van der Waals surface area contributed by atoms with Crippen LogP contribution in [0.15, 0.2) is 0 Å². The molecule has 0 atom stereocenters. The maximum atomic E-state index is 11.6. The molecule has 0 aromatic rings. The standard InChI is InChI=1S/C17H35NO4/c1-14(2)17(5,6)7-9-21-13-16(19)18-8-10-20-11-12-22-15(3)4/h14-15H,7-13H2,1-6H3,(H,18,19). The number of hydrogen-bond donors (Lipinski definition) is 1. The molecule has 132 valence electrons. The van der Waals surface area contributed by atoms with E-state index in [0.29, 0.717) is 38.9 Å². The van der Waals surface area contributed by atoms with Crippen LogP contribution in [0.2, 0.25) is 0 Å². The monoisotopic (exact) mass is 317 g/mol. The predicted molar refractivity (Wildman–Crippen MR) is 89.0 cm³/mol. The molecule has 0 spiro atoms.